The van der Waals surface area contributed by atoms with E-state index in [9.17, 15) is 18.8 Å². The maximum Gasteiger partial charge on any atom is 0.257 e. The van der Waals surface area contributed by atoms with E-state index in [1.165, 1.54) is 23.9 Å². The van der Waals surface area contributed by atoms with E-state index in [4.69, 9.17) is 11.6 Å². The topological polar surface area (TPSA) is 104 Å². The van der Waals surface area contributed by atoms with E-state index in [1.54, 1.807) is 0 Å². The second kappa shape index (κ2) is 8.74. The second-order valence-corrected chi connectivity index (χ2v) is 7.75. The normalized spacial score (nSPS) is 15.7. The number of fused-ring (bicyclic) bond motifs is 1. The van der Waals surface area contributed by atoms with E-state index in [-0.39, 0.29) is 28.5 Å². The van der Waals surface area contributed by atoms with Gasteiger partial charge < -0.3 is 15.6 Å². The molecule has 0 saturated heterocycles. The van der Waals surface area contributed by atoms with Crippen LogP contribution in [0.2, 0.25) is 5.02 Å². The van der Waals surface area contributed by atoms with E-state index in [1.807, 2.05) is 0 Å². The summed E-state index contributed by atoms with van der Waals surface area (Å²) in [6.45, 7) is 2.06. The number of nitrogens with zero attached hydrogens (tertiary/aromatic N) is 1. The van der Waals surface area contributed by atoms with Crippen LogP contribution in [-0.2, 0) is 9.59 Å². The molecular weight excluding hydrogens is 407 g/mol. The molecule has 0 saturated carbocycles. The highest BCUT2D eigenvalue weighted by molar-refractivity contribution is 7.99. The van der Waals surface area contributed by atoms with E-state index in [0.29, 0.717) is 5.16 Å². The molecule has 1 aromatic carbocycles. The maximum absolute atomic E-state index is 13.3. The van der Waals surface area contributed by atoms with Gasteiger partial charge in [0.25, 0.3) is 5.56 Å². The van der Waals surface area contributed by atoms with Gasteiger partial charge in [0.05, 0.1) is 16.5 Å². The summed E-state index contributed by atoms with van der Waals surface area (Å²) < 4.78 is 13.3. The standard InChI is InChI=1S/C18H18ClFN4O3S/c1-2-3-6-28-18-23-15-14(17(27)24-18)10(8-13(25)22-15)16(26)21-9-4-5-12(20)11(19)7-9/h4-5,7,10H,2-3,6,8H2,1H3,(H,21,26)(H2,22,23,24,25,27)/t10-/m1/s1. The number of benzene rings is 1. The molecule has 1 aliphatic heterocycles. The number of H-pyrrole nitrogens is 1. The van der Waals surface area contributed by atoms with Gasteiger partial charge in [0, 0.05) is 17.9 Å². The molecule has 0 fully saturated rings. The van der Waals surface area contributed by atoms with Crippen LogP contribution in [0.25, 0.3) is 0 Å². The lowest BCUT2D eigenvalue weighted by molar-refractivity contribution is -0.123. The van der Waals surface area contributed by atoms with E-state index in [2.05, 4.69) is 27.5 Å². The molecule has 3 rings (SSSR count). The van der Waals surface area contributed by atoms with Crippen LogP contribution in [0, 0.1) is 5.82 Å². The third-order valence-electron chi connectivity index (χ3n) is 4.17. The van der Waals surface area contributed by atoms with Gasteiger partial charge in [0.2, 0.25) is 11.8 Å². The average Bonchev–Trinajstić information content (AvgIpc) is 2.64. The summed E-state index contributed by atoms with van der Waals surface area (Å²) in [5, 5.41) is 5.38. The number of carbonyl (C=O) groups is 2. The van der Waals surface area contributed by atoms with Crippen molar-refractivity contribution in [2.45, 2.75) is 37.3 Å². The summed E-state index contributed by atoms with van der Waals surface area (Å²) in [5.74, 6) is -1.74. The smallest absolute Gasteiger partial charge is 0.257 e. The number of hydrogen-bond donors (Lipinski definition) is 3. The molecule has 3 N–H and O–H groups in total. The van der Waals surface area contributed by atoms with Crippen LogP contribution in [0.1, 0.15) is 37.7 Å². The fourth-order valence-corrected chi connectivity index (χ4v) is 3.89. The van der Waals surface area contributed by atoms with Crippen molar-refractivity contribution in [1.29, 1.82) is 0 Å². The summed E-state index contributed by atoms with van der Waals surface area (Å²) in [5.41, 5.74) is -0.105. The molecular formula is C18H18ClFN4O3S. The molecule has 148 valence electrons. The molecule has 0 bridgehead atoms. The zero-order valence-electron chi connectivity index (χ0n) is 15.0. The summed E-state index contributed by atoms with van der Waals surface area (Å²) >= 11 is 7.10. The molecule has 0 aliphatic carbocycles. The zero-order chi connectivity index (χ0) is 20.3. The number of anilines is 2. The SMILES string of the molecule is CCCCSc1nc2c(c(=O)[nH]1)[C@H](C(=O)Nc1ccc(F)c(Cl)c1)CC(=O)N2. The monoisotopic (exact) mass is 424 g/mol. The van der Waals surface area contributed by atoms with Gasteiger partial charge in [-0.2, -0.15) is 0 Å². The Bertz CT molecular complexity index is 982. The third-order valence-corrected chi connectivity index (χ3v) is 5.42. The van der Waals surface area contributed by atoms with Crippen LogP contribution in [0.15, 0.2) is 28.2 Å². The van der Waals surface area contributed by atoms with Crippen LogP contribution in [0.5, 0.6) is 0 Å². The molecule has 2 heterocycles. The van der Waals surface area contributed by atoms with Gasteiger partial charge in [-0.3, -0.25) is 14.4 Å². The lowest BCUT2D eigenvalue weighted by Gasteiger charge is -2.23. The van der Waals surface area contributed by atoms with E-state index < -0.39 is 29.1 Å². The predicted octanol–water partition coefficient (Wildman–Crippen LogP) is 3.52. The largest absolute Gasteiger partial charge is 0.325 e. The Morgan fingerprint density at radius 2 is 2.21 bits per heavy atom. The lowest BCUT2D eigenvalue weighted by atomic mass is 9.92. The Labute approximate surface area is 169 Å². The van der Waals surface area contributed by atoms with Gasteiger partial charge in [0.1, 0.15) is 11.6 Å². The third kappa shape index (κ3) is 4.53. The summed E-state index contributed by atoms with van der Waals surface area (Å²) in [4.78, 5) is 44.3. The Balaban J connectivity index is 1.87. The number of carbonyl (C=O) groups excluding carboxylic acids is 2. The number of unbranched alkanes of at least 4 members (excludes halogenated alkanes) is 1. The minimum atomic E-state index is -1.02. The van der Waals surface area contributed by atoms with Crippen molar-refractivity contribution >= 4 is 46.7 Å². The van der Waals surface area contributed by atoms with Crippen LogP contribution in [-0.4, -0.2) is 27.5 Å². The highest BCUT2D eigenvalue weighted by atomic mass is 35.5. The summed E-state index contributed by atoms with van der Waals surface area (Å²) in [6, 6.07) is 3.72. The van der Waals surface area contributed by atoms with Crippen LogP contribution >= 0.6 is 23.4 Å². The van der Waals surface area contributed by atoms with Gasteiger partial charge in [-0.1, -0.05) is 36.7 Å². The predicted molar refractivity (Wildman–Crippen MR) is 107 cm³/mol. The zero-order valence-corrected chi connectivity index (χ0v) is 16.5. The highest BCUT2D eigenvalue weighted by Gasteiger charge is 2.34. The number of halogens is 2. The van der Waals surface area contributed by atoms with E-state index in [0.717, 1.165) is 24.7 Å². The molecule has 0 unspecified atom stereocenters. The van der Waals surface area contributed by atoms with Crippen molar-refractivity contribution in [3.05, 3.63) is 45.0 Å². The first-order valence-corrected chi connectivity index (χ1v) is 10.1. The lowest BCUT2D eigenvalue weighted by Crippen LogP contribution is -2.36. The molecule has 1 aromatic heterocycles. The summed E-state index contributed by atoms with van der Waals surface area (Å²) in [6.07, 6.45) is 1.78. The molecule has 1 atom stereocenters. The van der Waals surface area contributed by atoms with Gasteiger partial charge in [-0.05, 0) is 24.6 Å². The number of hydrogen-bond acceptors (Lipinski definition) is 5. The first-order chi connectivity index (χ1) is 13.4. The maximum atomic E-state index is 13.3. The first kappa shape index (κ1) is 20.3. The van der Waals surface area contributed by atoms with Crippen LogP contribution in [0.4, 0.5) is 15.9 Å². The molecule has 10 heteroatoms. The van der Waals surface area contributed by atoms with Gasteiger partial charge >= 0.3 is 0 Å². The minimum Gasteiger partial charge on any atom is -0.325 e. The van der Waals surface area contributed by atoms with E-state index >= 15 is 0 Å². The fourth-order valence-electron chi connectivity index (χ4n) is 2.76. The Morgan fingerprint density at radius 1 is 1.43 bits per heavy atom. The van der Waals surface area contributed by atoms with Crippen LogP contribution in [0.3, 0.4) is 0 Å². The Morgan fingerprint density at radius 3 is 2.93 bits per heavy atom. The number of aromatic nitrogens is 2. The van der Waals surface area contributed by atoms with Gasteiger partial charge in [-0.25, -0.2) is 9.37 Å². The average molecular weight is 425 g/mol. The van der Waals surface area contributed by atoms with Crippen molar-refractivity contribution in [3.8, 4) is 0 Å². The number of amides is 2. The van der Waals surface area contributed by atoms with Crippen LogP contribution < -0.4 is 16.2 Å². The Hall–Kier alpha value is -2.39. The number of rotatable bonds is 6. The van der Waals surface area contributed by atoms with Crippen molar-refractivity contribution in [3.63, 3.8) is 0 Å². The van der Waals surface area contributed by atoms with Crippen molar-refractivity contribution < 1.29 is 14.0 Å². The highest BCUT2D eigenvalue weighted by Crippen LogP contribution is 2.31. The van der Waals surface area contributed by atoms with Crippen molar-refractivity contribution in [1.82, 2.24) is 9.97 Å². The minimum absolute atomic E-state index is 0.0938. The Kier molecular flexibility index (Phi) is 6.35. The quantitative estimate of drug-likeness (QED) is 0.374. The molecule has 2 amide bonds. The fraction of sp³-hybridized carbons (Fsp3) is 0.333. The molecule has 1 aliphatic rings. The summed E-state index contributed by atoms with van der Waals surface area (Å²) in [7, 11) is 0. The van der Waals surface area contributed by atoms with Crippen molar-refractivity contribution in [2.75, 3.05) is 16.4 Å². The molecule has 28 heavy (non-hydrogen) atoms. The first-order valence-electron chi connectivity index (χ1n) is 8.71. The molecule has 7 nitrogen and oxygen atoms in total. The second-order valence-electron chi connectivity index (χ2n) is 6.26. The molecule has 0 radical (unpaired) electrons. The number of thioether (sulfide) groups is 1. The number of nitrogens with one attached hydrogen (secondary N) is 3. The number of aromatic amines is 1. The van der Waals surface area contributed by atoms with Crippen molar-refractivity contribution in [2.24, 2.45) is 0 Å². The molecule has 0 spiro atoms. The van der Waals surface area contributed by atoms with Gasteiger partial charge in [0.15, 0.2) is 5.16 Å². The van der Waals surface area contributed by atoms with Gasteiger partial charge in [-0.15, -0.1) is 0 Å². The molecule has 2 aromatic rings.